The quantitative estimate of drug-likeness (QED) is 0.687. The standard InChI is InChI=1S/C10H11NO2/c12-10(13)8-3-4-9-7(6-8)2-1-5-11-9/h3-4,6,11H,1-2,5H2,(H,12,13). The molecule has 0 amide bonds. The zero-order valence-electron chi connectivity index (χ0n) is 7.21. The van der Waals surface area contributed by atoms with Gasteiger partial charge in [-0.25, -0.2) is 4.79 Å². The number of nitrogens with one attached hydrogen (secondary N) is 1. The Labute approximate surface area is 76.4 Å². The number of hydrogen-bond acceptors (Lipinski definition) is 2. The van der Waals surface area contributed by atoms with Crippen LogP contribution in [0.2, 0.25) is 0 Å². The fourth-order valence-electron chi connectivity index (χ4n) is 1.61. The van der Waals surface area contributed by atoms with Crippen molar-refractivity contribution < 1.29 is 9.90 Å². The minimum absolute atomic E-state index is 0.377. The Morgan fingerprint density at radius 3 is 3.08 bits per heavy atom. The van der Waals surface area contributed by atoms with Crippen LogP contribution in [0.3, 0.4) is 0 Å². The highest BCUT2D eigenvalue weighted by Crippen LogP contribution is 2.22. The van der Waals surface area contributed by atoms with Crippen LogP contribution in [0.15, 0.2) is 18.2 Å². The van der Waals surface area contributed by atoms with E-state index in [0.29, 0.717) is 5.56 Å². The van der Waals surface area contributed by atoms with E-state index in [0.717, 1.165) is 30.6 Å². The summed E-state index contributed by atoms with van der Waals surface area (Å²) in [6, 6.07) is 5.24. The van der Waals surface area contributed by atoms with Gasteiger partial charge in [0.15, 0.2) is 0 Å². The van der Waals surface area contributed by atoms with E-state index >= 15 is 0 Å². The van der Waals surface area contributed by atoms with Crippen molar-refractivity contribution in [2.45, 2.75) is 12.8 Å². The fourth-order valence-corrected chi connectivity index (χ4v) is 1.61. The van der Waals surface area contributed by atoms with Crippen LogP contribution in [-0.4, -0.2) is 17.6 Å². The molecule has 1 heterocycles. The summed E-state index contributed by atoms with van der Waals surface area (Å²) < 4.78 is 0. The lowest BCUT2D eigenvalue weighted by atomic mass is 10.0. The molecule has 0 saturated heterocycles. The monoisotopic (exact) mass is 177 g/mol. The smallest absolute Gasteiger partial charge is 0.335 e. The molecule has 0 aliphatic carbocycles. The van der Waals surface area contributed by atoms with Crippen LogP contribution in [0.5, 0.6) is 0 Å². The molecule has 3 nitrogen and oxygen atoms in total. The largest absolute Gasteiger partial charge is 0.478 e. The highest BCUT2D eigenvalue weighted by Gasteiger charge is 2.10. The zero-order chi connectivity index (χ0) is 9.26. The van der Waals surface area contributed by atoms with Crippen molar-refractivity contribution >= 4 is 11.7 Å². The average molecular weight is 177 g/mol. The second-order valence-corrected chi connectivity index (χ2v) is 3.21. The van der Waals surface area contributed by atoms with Gasteiger partial charge in [0, 0.05) is 12.2 Å². The Bertz CT molecular complexity index is 347. The summed E-state index contributed by atoms with van der Waals surface area (Å²) in [6.45, 7) is 0.986. The molecule has 0 spiro atoms. The number of rotatable bonds is 1. The minimum atomic E-state index is -0.853. The van der Waals surface area contributed by atoms with E-state index in [1.165, 1.54) is 0 Å². The van der Waals surface area contributed by atoms with E-state index in [1.807, 2.05) is 6.07 Å². The molecule has 0 fully saturated rings. The highest BCUT2D eigenvalue weighted by molar-refractivity contribution is 5.88. The number of aryl methyl sites for hydroxylation is 1. The molecule has 0 bridgehead atoms. The topological polar surface area (TPSA) is 49.3 Å². The molecule has 13 heavy (non-hydrogen) atoms. The van der Waals surface area contributed by atoms with E-state index in [1.54, 1.807) is 12.1 Å². The van der Waals surface area contributed by atoms with Gasteiger partial charge in [-0.05, 0) is 36.6 Å². The van der Waals surface area contributed by atoms with Gasteiger partial charge in [0.25, 0.3) is 0 Å². The Morgan fingerprint density at radius 2 is 2.31 bits per heavy atom. The van der Waals surface area contributed by atoms with E-state index in [4.69, 9.17) is 5.11 Å². The summed E-state index contributed by atoms with van der Waals surface area (Å²) in [5.74, 6) is -0.853. The molecule has 0 saturated carbocycles. The van der Waals surface area contributed by atoms with Gasteiger partial charge in [-0.1, -0.05) is 0 Å². The molecular weight excluding hydrogens is 166 g/mol. The second-order valence-electron chi connectivity index (χ2n) is 3.21. The lowest BCUT2D eigenvalue weighted by Crippen LogP contribution is -2.12. The number of carboxylic acids is 1. The third-order valence-electron chi connectivity index (χ3n) is 2.29. The molecule has 1 aliphatic heterocycles. The van der Waals surface area contributed by atoms with Gasteiger partial charge in [-0.2, -0.15) is 0 Å². The number of hydrogen-bond donors (Lipinski definition) is 2. The number of carboxylic acid groups (broad SMARTS) is 1. The molecule has 1 aromatic rings. The summed E-state index contributed by atoms with van der Waals surface area (Å²) in [5, 5.41) is 12.0. The summed E-state index contributed by atoms with van der Waals surface area (Å²) in [4.78, 5) is 10.7. The van der Waals surface area contributed by atoms with Crippen LogP contribution < -0.4 is 5.32 Å². The predicted molar refractivity (Wildman–Crippen MR) is 50.2 cm³/mol. The summed E-state index contributed by atoms with van der Waals surface area (Å²) in [5.41, 5.74) is 2.57. The van der Waals surface area contributed by atoms with Gasteiger partial charge in [-0.3, -0.25) is 0 Å². The zero-order valence-corrected chi connectivity index (χ0v) is 7.21. The number of fused-ring (bicyclic) bond motifs is 1. The van der Waals surface area contributed by atoms with Crippen molar-refractivity contribution in [1.29, 1.82) is 0 Å². The van der Waals surface area contributed by atoms with E-state index < -0.39 is 5.97 Å². The number of carbonyl (C=O) groups is 1. The van der Waals surface area contributed by atoms with E-state index in [9.17, 15) is 4.79 Å². The molecular formula is C10H11NO2. The number of anilines is 1. The van der Waals surface area contributed by atoms with Crippen molar-refractivity contribution in [3.63, 3.8) is 0 Å². The molecule has 0 radical (unpaired) electrons. The average Bonchev–Trinajstić information content (AvgIpc) is 2.17. The maximum Gasteiger partial charge on any atom is 0.335 e. The second kappa shape index (κ2) is 3.09. The minimum Gasteiger partial charge on any atom is -0.478 e. The molecule has 1 aliphatic rings. The van der Waals surface area contributed by atoms with Crippen LogP contribution in [-0.2, 0) is 6.42 Å². The molecule has 3 heteroatoms. The van der Waals surface area contributed by atoms with Crippen molar-refractivity contribution in [3.05, 3.63) is 29.3 Å². The normalized spacial score (nSPS) is 14.5. The Morgan fingerprint density at radius 1 is 1.46 bits per heavy atom. The van der Waals surface area contributed by atoms with Crippen LogP contribution in [0.1, 0.15) is 22.3 Å². The van der Waals surface area contributed by atoms with Gasteiger partial charge in [0.1, 0.15) is 0 Å². The summed E-state index contributed by atoms with van der Waals surface area (Å²) >= 11 is 0. The third-order valence-corrected chi connectivity index (χ3v) is 2.29. The SMILES string of the molecule is O=C(O)c1ccc2c(c1)CCCN2. The first kappa shape index (κ1) is 8.10. The maximum atomic E-state index is 10.7. The van der Waals surface area contributed by atoms with E-state index in [2.05, 4.69) is 5.32 Å². The lowest BCUT2D eigenvalue weighted by molar-refractivity contribution is 0.0697. The molecule has 2 rings (SSSR count). The third kappa shape index (κ3) is 1.49. The first-order valence-electron chi connectivity index (χ1n) is 4.37. The first-order valence-corrected chi connectivity index (χ1v) is 4.37. The van der Waals surface area contributed by atoms with Gasteiger partial charge >= 0.3 is 5.97 Å². The number of aromatic carboxylic acids is 1. The molecule has 2 N–H and O–H groups in total. The van der Waals surface area contributed by atoms with Crippen LogP contribution >= 0.6 is 0 Å². The molecule has 0 unspecified atom stereocenters. The fraction of sp³-hybridized carbons (Fsp3) is 0.300. The Kier molecular flexibility index (Phi) is 1.93. The number of benzene rings is 1. The summed E-state index contributed by atoms with van der Waals surface area (Å²) in [6.07, 6.45) is 2.06. The van der Waals surface area contributed by atoms with Crippen molar-refractivity contribution in [1.82, 2.24) is 0 Å². The van der Waals surface area contributed by atoms with Crippen molar-refractivity contribution in [2.75, 3.05) is 11.9 Å². The molecule has 0 aromatic heterocycles. The predicted octanol–water partition coefficient (Wildman–Crippen LogP) is 1.74. The van der Waals surface area contributed by atoms with Gasteiger partial charge < -0.3 is 10.4 Å². The van der Waals surface area contributed by atoms with Crippen molar-refractivity contribution in [3.8, 4) is 0 Å². The highest BCUT2D eigenvalue weighted by atomic mass is 16.4. The maximum absolute atomic E-state index is 10.7. The van der Waals surface area contributed by atoms with Crippen LogP contribution in [0.4, 0.5) is 5.69 Å². The molecule has 0 atom stereocenters. The van der Waals surface area contributed by atoms with E-state index in [-0.39, 0.29) is 0 Å². The first-order chi connectivity index (χ1) is 6.27. The lowest BCUT2D eigenvalue weighted by Gasteiger charge is -2.17. The summed E-state index contributed by atoms with van der Waals surface area (Å²) in [7, 11) is 0. The van der Waals surface area contributed by atoms with Gasteiger partial charge in [-0.15, -0.1) is 0 Å². The molecule has 1 aromatic carbocycles. The Balaban J connectivity index is 2.40. The van der Waals surface area contributed by atoms with Gasteiger partial charge in [0.2, 0.25) is 0 Å². The van der Waals surface area contributed by atoms with Crippen LogP contribution in [0.25, 0.3) is 0 Å². The molecule has 68 valence electrons. The van der Waals surface area contributed by atoms with Gasteiger partial charge in [0.05, 0.1) is 5.56 Å². The van der Waals surface area contributed by atoms with Crippen molar-refractivity contribution in [2.24, 2.45) is 0 Å². The Hall–Kier alpha value is -1.51. The van der Waals surface area contributed by atoms with Crippen LogP contribution in [0, 0.1) is 0 Å².